The summed E-state index contributed by atoms with van der Waals surface area (Å²) in [4.78, 5) is 20.4. The fourth-order valence-corrected chi connectivity index (χ4v) is 1.30. The summed E-state index contributed by atoms with van der Waals surface area (Å²) in [6.07, 6.45) is -1.11. The predicted octanol–water partition coefficient (Wildman–Crippen LogP) is -5.74. The van der Waals surface area contributed by atoms with Crippen LogP contribution in [0.4, 0.5) is 0 Å². The van der Waals surface area contributed by atoms with Gasteiger partial charge in [0.15, 0.2) is 0 Å². The third kappa shape index (κ3) is 9.19. The molecule has 78 valence electrons. The summed E-state index contributed by atoms with van der Waals surface area (Å²) >= 11 is 0. The van der Waals surface area contributed by atoms with Crippen LogP contribution >= 0.6 is 7.82 Å². The van der Waals surface area contributed by atoms with Crippen molar-refractivity contribution in [1.29, 1.82) is 0 Å². The summed E-state index contributed by atoms with van der Waals surface area (Å²) in [5.74, 6) is 0.438. The van der Waals surface area contributed by atoms with Gasteiger partial charge in [-0.3, -0.25) is 0 Å². The molecule has 0 N–H and O–H groups in total. The van der Waals surface area contributed by atoms with Gasteiger partial charge in [-0.15, -0.1) is 0 Å². The summed E-state index contributed by atoms with van der Waals surface area (Å²) in [5.41, 5.74) is 0. The molecule has 0 spiro atoms. The van der Waals surface area contributed by atoms with E-state index in [-0.39, 0.29) is 59.1 Å². The second-order valence-corrected chi connectivity index (χ2v) is 3.66. The topological polar surface area (TPSA) is 81.7 Å². The fraction of sp³-hybridized carbons (Fsp3) is 0.250. The molecular formula is C8H9Na2O5P. The number of ether oxygens (including phenoxy) is 1. The fourth-order valence-electron chi connectivity index (χ4n) is 0.894. The van der Waals surface area contributed by atoms with Crippen LogP contribution in [0.5, 0.6) is 5.75 Å². The van der Waals surface area contributed by atoms with E-state index >= 15 is 0 Å². The zero-order valence-corrected chi connectivity index (χ0v) is 14.3. The van der Waals surface area contributed by atoms with Crippen molar-refractivity contribution in [1.82, 2.24) is 0 Å². The molecule has 1 aromatic rings. The first-order valence-corrected chi connectivity index (χ1v) is 5.35. The minimum absolute atomic E-state index is 0. The van der Waals surface area contributed by atoms with Crippen LogP contribution in [0, 0.1) is 0 Å². The normalized spacial score (nSPS) is 11.9. The molecule has 0 saturated carbocycles. The number of para-hydroxylation sites is 1. The largest absolute Gasteiger partial charge is 1.00 e. The van der Waals surface area contributed by atoms with E-state index in [1.165, 1.54) is 6.92 Å². The maximum absolute atomic E-state index is 10.2. The van der Waals surface area contributed by atoms with Gasteiger partial charge < -0.3 is 23.6 Å². The summed E-state index contributed by atoms with van der Waals surface area (Å²) in [5, 5.41) is 0. The second kappa shape index (κ2) is 9.11. The Hall–Kier alpha value is 1.13. The molecule has 1 rings (SSSR count). The third-order valence-electron chi connectivity index (χ3n) is 1.32. The Kier molecular flexibility index (Phi) is 11.1. The average Bonchev–Trinajstić information content (AvgIpc) is 2.02. The van der Waals surface area contributed by atoms with Crippen LogP contribution in [0.15, 0.2) is 30.3 Å². The molecule has 0 aromatic heterocycles. The molecule has 0 radical (unpaired) electrons. The van der Waals surface area contributed by atoms with Gasteiger partial charge >= 0.3 is 59.1 Å². The van der Waals surface area contributed by atoms with Gasteiger partial charge in [-0.2, -0.15) is 0 Å². The van der Waals surface area contributed by atoms with E-state index in [4.69, 9.17) is 4.74 Å². The molecule has 8 heteroatoms. The minimum atomic E-state index is -4.98. The SMILES string of the molecule is CC(Oc1ccccc1)OP(=O)([O-])[O-].[Na+].[Na+]. The average molecular weight is 262 g/mol. The van der Waals surface area contributed by atoms with Gasteiger partial charge in [0, 0.05) is 0 Å². The first-order chi connectivity index (χ1) is 6.47. The van der Waals surface area contributed by atoms with E-state index in [0.29, 0.717) is 5.75 Å². The Morgan fingerprint density at radius 3 is 2.12 bits per heavy atom. The van der Waals surface area contributed by atoms with Gasteiger partial charge in [-0.05, 0) is 19.1 Å². The van der Waals surface area contributed by atoms with Crippen molar-refractivity contribution in [3.8, 4) is 5.75 Å². The molecule has 1 aromatic carbocycles. The summed E-state index contributed by atoms with van der Waals surface area (Å²) in [7, 11) is -4.98. The van der Waals surface area contributed by atoms with Crippen molar-refractivity contribution in [3.05, 3.63) is 30.3 Å². The molecular weight excluding hydrogens is 253 g/mol. The molecule has 1 unspecified atom stereocenters. The Bertz CT molecular complexity index is 328. The van der Waals surface area contributed by atoms with Crippen molar-refractivity contribution in [3.63, 3.8) is 0 Å². The molecule has 16 heavy (non-hydrogen) atoms. The standard InChI is InChI=1S/C8H11O5P.2Na/c1-7(13-14(9,10)11)12-8-5-3-2-4-6-8;;/h2-7H,1H3,(H2,9,10,11);;/q;2*+1/p-2. The van der Waals surface area contributed by atoms with E-state index in [0.717, 1.165) is 0 Å². The van der Waals surface area contributed by atoms with Gasteiger partial charge in [-0.25, -0.2) is 0 Å². The molecule has 1 atom stereocenters. The molecule has 5 nitrogen and oxygen atoms in total. The molecule has 0 aliphatic carbocycles. The van der Waals surface area contributed by atoms with Crippen LogP contribution in [-0.4, -0.2) is 6.29 Å². The smallest absolute Gasteiger partial charge is 0.790 e. The van der Waals surface area contributed by atoms with Crippen molar-refractivity contribution in [2.45, 2.75) is 13.2 Å². The first kappa shape index (κ1) is 19.5. The van der Waals surface area contributed by atoms with Crippen molar-refractivity contribution < 1.29 is 82.7 Å². The van der Waals surface area contributed by atoms with Gasteiger partial charge in [0.05, 0.1) is 7.82 Å². The van der Waals surface area contributed by atoms with Crippen molar-refractivity contribution in [2.75, 3.05) is 0 Å². The zero-order chi connectivity index (χ0) is 10.6. The quantitative estimate of drug-likeness (QED) is 0.307. The Labute approximate surface area is 138 Å². The maximum Gasteiger partial charge on any atom is 1.00 e. The first-order valence-electron chi connectivity index (χ1n) is 3.89. The number of hydrogen-bond acceptors (Lipinski definition) is 5. The van der Waals surface area contributed by atoms with Gasteiger partial charge in [0.2, 0.25) is 6.29 Å². The minimum Gasteiger partial charge on any atom is -0.790 e. The third-order valence-corrected chi connectivity index (χ3v) is 1.88. The number of phosphoric ester groups is 1. The van der Waals surface area contributed by atoms with Crippen LogP contribution in [0.25, 0.3) is 0 Å². The van der Waals surface area contributed by atoms with Crippen molar-refractivity contribution in [2.24, 2.45) is 0 Å². The zero-order valence-electron chi connectivity index (χ0n) is 9.45. The van der Waals surface area contributed by atoms with E-state index in [9.17, 15) is 14.4 Å². The molecule has 0 heterocycles. The Morgan fingerprint density at radius 2 is 1.69 bits per heavy atom. The van der Waals surface area contributed by atoms with Crippen LogP contribution in [0.1, 0.15) is 6.92 Å². The van der Waals surface area contributed by atoms with E-state index in [2.05, 4.69) is 4.52 Å². The predicted molar refractivity (Wildman–Crippen MR) is 45.2 cm³/mol. The van der Waals surface area contributed by atoms with Gasteiger partial charge in [0.25, 0.3) is 0 Å². The molecule has 0 amide bonds. The van der Waals surface area contributed by atoms with Crippen LogP contribution in [-0.2, 0) is 9.09 Å². The van der Waals surface area contributed by atoms with E-state index in [1.54, 1.807) is 30.3 Å². The second-order valence-electron chi connectivity index (χ2n) is 2.55. The van der Waals surface area contributed by atoms with E-state index < -0.39 is 14.1 Å². The molecule has 0 aliphatic rings. The molecule has 0 bridgehead atoms. The maximum atomic E-state index is 10.2. The van der Waals surface area contributed by atoms with Crippen LogP contribution in [0.2, 0.25) is 0 Å². The molecule has 0 saturated heterocycles. The monoisotopic (exact) mass is 262 g/mol. The van der Waals surface area contributed by atoms with E-state index in [1.807, 2.05) is 0 Å². The van der Waals surface area contributed by atoms with Crippen molar-refractivity contribution >= 4 is 7.82 Å². The summed E-state index contributed by atoms with van der Waals surface area (Å²) < 4.78 is 19.3. The number of hydrogen-bond donors (Lipinski definition) is 0. The van der Waals surface area contributed by atoms with Gasteiger partial charge in [0.1, 0.15) is 5.75 Å². The number of phosphoric acid groups is 1. The summed E-state index contributed by atoms with van der Waals surface area (Å²) in [6, 6.07) is 8.47. The van der Waals surface area contributed by atoms with Gasteiger partial charge in [-0.1, -0.05) is 18.2 Å². The Balaban J connectivity index is 0. The molecule has 0 aliphatic heterocycles. The number of rotatable bonds is 4. The Morgan fingerprint density at radius 1 is 1.19 bits per heavy atom. The number of benzene rings is 1. The van der Waals surface area contributed by atoms with Crippen LogP contribution < -0.4 is 73.6 Å². The molecule has 0 fully saturated rings. The summed E-state index contributed by atoms with van der Waals surface area (Å²) in [6.45, 7) is 1.33. The van der Waals surface area contributed by atoms with Crippen LogP contribution in [0.3, 0.4) is 0 Å².